The summed E-state index contributed by atoms with van der Waals surface area (Å²) < 4.78 is 5.20. The van der Waals surface area contributed by atoms with Crippen LogP contribution in [0.1, 0.15) is 19.3 Å². The molecule has 0 aliphatic carbocycles. The van der Waals surface area contributed by atoms with Gasteiger partial charge in [-0.3, -0.25) is 4.79 Å². The third-order valence-corrected chi connectivity index (χ3v) is 1.90. The van der Waals surface area contributed by atoms with Crippen molar-refractivity contribution in [1.29, 1.82) is 0 Å². The highest BCUT2D eigenvalue weighted by atomic mass is 16.5. The minimum absolute atomic E-state index is 0.0148. The summed E-state index contributed by atoms with van der Waals surface area (Å²) in [6.45, 7) is 2.00. The van der Waals surface area contributed by atoms with Gasteiger partial charge < -0.3 is 15.8 Å². The molecule has 1 rings (SSSR count). The molecule has 1 heterocycles. The zero-order valence-electron chi connectivity index (χ0n) is 7.21. The van der Waals surface area contributed by atoms with Crippen molar-refractivity contribution in [3.63, 3.8) is 0 Å². The first-order valence-corrected chi connectivity index (χ1v) is 4.44. The molecule has 12 heavy (non-hydrogen) atoms. The molecule has 1 aliphatic rings. The Hall–Kier alpha value is -0.610. The average Bonchev–Trinajstić information content (AvgIpc) is 2.56. The van der Waals surface area contributed by atoms with Crippen LogP contribution in [0.2, 0.25) is 0 Å². The fourth-order valence-electron chi connectivity index (χ4n) is 1.21. The Morgan fingerprint density at radius 1 is 1.67 bits per heavy atom. The molecular formula is C8H16N2O2. The van der Waals surface area contributed by atoms with Gasteiger partial charge in [0, 0.05) is 13.2 Å². The maximum atomic E-state index is 11.2. The first kappa shape index (κ1) is 9.48. The van der Waals surface area contributed by atoms with E-state index in [1.54, 1.807) is 0 Å². The van der Waals surface area contributed by atoms with Gasteiger partial charge in [-0.15, -0.1) is 0 Å². The summed E-state index contributed by atoms with van der Waals surface area (Å²) >= 11 is 0. The predicted octanol–water partition coefficient (Wildman–Crippen LogP) is -0.370. The second-order valence-corrected chi connectivity index (χ2v) is 2.93. The van der Waals surface area contributed by atoms with E-state index < -0.39 is 0 Å². The van der Waals surface area contributed by atoms with Crippen molar-refractivity contribution in [1.82, 2.24) is 5.32 Å². The van der Waals surface area contributed by atoms with Crippen LogP contribution in [0.15, 0.2) is 0 Å². The predicted molar refractivity (Wildman–Crippen MR) is 45.7 cm³/mol. The number of amides is 1. The van der Waals surface area contributed by atoms with E-state index in [0.29, 0.717) is 13.1 Å². The highest BCUT2D eigenvalue weighted by Gasteiger charge is 2.22. The minimum atomic E-state index is -0.206. The quantitative estimate of drug-likeness (QED) is 0.569. The van der Waals surface area contributed by atoms with Gasteiger partial charge in [0.1, 0.15) is 6.10 Å². The first-order valence-electron chi connectivity index (χ1n) is 4.44. The Balaban J connectivity index is 2.10. The summed E-state index contributed by atoms with van der Waals surface area (Å²) in [5.74, 6) is 0.0148. The Morgan fingerprint density at radius 2 is 2.50 bits per heavy atom. The van der Waals surface area contributed by atoms with Crippen LogP contribution < -0.4 is 11.1 Å². The largest absolute Gasteiger partial charge is 0.368 e. The van der Waals surface area contributed by atoms with Gasteiger partial charge in [0.15, 0.2) is 0 Å². The lowest BCUT2D eigenvalue weighted by Crippen LogP contribution is -2.35. The van der Waals surface area contributed by atoms with Crippen LogP contribution in [-0.4, -0.2) is 31.7 Å². The number of carbonyl (C=O) groups excluding carboxylic acids is 1. The van der Waals surface area contributed by atoms with Crippen molar-refractivity contribution in [2.75, 3.05) is 19.7 Å². The van der Waals surface area contributed by atoms with E-state index in [1.807, 2.05) is 0 Å². The molecule has 1 fully saturated rings. The fraction of sp³-hybridized carbons (Fsp3) is 0.875. The van der Waals surface area contributed by atoms with Crippen LogP contribution in [0.4, 0.5) is 0 Å². The maximum absolute atomic E-state index is 11.2. The first-order chi connectivity index (χ1) is 5.84. The van der Waals surface area contributed by atoms with Crippen LogP contribution in [0.25, 0.3) is 0 Å². The molecule has 1 unspecified atom stereocenters. The molecule has 0 saturated carbocycles. The van der Waals surface area contributed by atoms with Crippen molar-refractivity contribution in [2.45, 2.75) is 25.4 Å². The highest BCUT2D eigenvalue weighted by molar-refractivity contribution is 5.80. The normalized spacial score (nSPS) is 22.6. The topological polar surface area (TPSA) is 64.3 Å². The molecule has 0 aromatic carbocycles. The fourth-order valence-corrected chi connectivity index (χ4v) is 1.21. The Kier molecular flexibility index (Phi) is 4.04. The number of nitrogens with two attached hydrogens (primary N) is 1. The molecule has 1 saturated heterocycles. The summed E-state index contributed by atoms with van der Waals surface area (Å²) in [6.07, 6.45) is 2.48. The van der Waals surface area contributed by atoms with Gasteiger partial charge in [0.2, 0.25) is 5.91 Å². The number of hydrogen-bond acceptors (Lipinski definition) is 3. The molecule has 0 aromatic rings. The molecule has 0 bridgehead atoms. The molecule has 3 N–H and O–H groups in total. The summed E-state index contributed by atoms with van der Waals surface area (Å²) in [6, 6.07) is 0. The van der Waals surface area contributed by atoms with Gasteiger partial charge in [-0.25, -0.2) is 0 Å². The van der Waals surface area contributed by atoms with Crippen LogP contribution in [0.5, 0.6) is 0 Å². The van der Waals surface area contributed by atoms with Crippen LogP contribution >= 0.6 is 0 Å². The van der Waals surface area contributed by atoms with Crippen molar-refractivity contribution < 1.29 is 9.53 Å². The minimum Gasteiger partial charge on any atom is -0.368 e. The average molecular weight is 172 g/mol. The number of hydrogen-bond donors (Lipinski definition) is 2. The van der Waals surface area contributed by atoms with Gasteiger partial charge in [0.25, 0.3) is 0 Å². The van der Waals surface area contributed by atoms with Crippen molar-refractivity contribution in [2.24, 2.45) is 5.73 Å². The van der Waals surface area contributed by atoms with Crippen LogP contribution in [0, 0.1) is 0 Å². The van der Waals surface area contributed by atoms with E-state index in [9.17, 15) is 4.79 Å². The third kappa shape index (κ3) is 2.79. The number of carbonyl (C=O) groups is 1. The lowest BCUT2D eigenvalue weighted by atomic mass is 10.2. The smallest absolute Gasteiger partial charge is 0.249 e. The standard InChI is InChI=1S/C8H16N2O2/c9-4-2-5-10-8(11)7-3-1-6-12-7/h7H,1-6,9H2,(H,10,11). The molecular weight excluding hydrogens is 156 g/mol. The molecule has 4 heteroatoms. The van der Waals surface area contributed by atoms with E-state index in [2.05, 4.69) is 5.32 Å². The van der Waals surface area contributed by atoms with Gasteiger partial charge in [-0.05, 0) is 25.8 Å². The van der Waals surface area contributed by atoms with E-state index in [-0.39, 0.29) is 12.0 Å². The molecule has 0 spiro atoms. The molecule has 0 aromatic heterocycles. The third-order valence-electron chi connectivity index (χ3n) is 1.90. The van der Waals surface area contributed by atoms with Crippen molar-refractivity contribution >= 4 is 5.91 Å². The van der Waals surface area contributed by atoms with Crippen LogP contribution in [-0.2, 0) is 9.53 Å². The molecule has 1 aliphatic heterocycles. The Bertz CT molecular complexity index is 144. The second kappa shape index (κ2) is 5.11. The number of ether oxygens (including phenoxy) is 1. The summed E-state index contributed by atoms with van der Waals surface area (Å²) in [5, 5.41) is 2.78. The lowest BCUT2D eigenvalue weighted by Gasteiger charge is -2.09. The zero-order chi connectivity index (χ0) is 8.81. The molecule has 70 valence electrons. The summed E-state index contributed by atoms with van der Waals surface area (Å²) in [5.41, 5.74) is 5.29. The molecule has 0 radical (unpaired) electrons. The second-order valence-electron chi connectivity index (χ2n) is 2.93. The molecule has 1 amide bonds. The summed E-state index contributed by atoms with van der Waals surface area (Å²) in [4.78, 5) is 11.2. The van der Waals surface area contributed by atoms with Gasteiger partial charge >= 0.3 is 0 Å². The SMILES string of the molecule is NCCCNC(=O)C1CCCO1. The maximum Gasteiger partial charge on any atom is 0.249 e. The van der Waals surface area contributed by atoms with E-state index in [1.165, 1.54) is 0 Å². The monoisotopic (exact) mass is 172 g/mol. The van der Waals surface area contributed by atoms with Crippen molar-refractivity contribution in [3.8, 4) is 0 Å². The summed E-state index contributed by atoms with van der Waals surface area (Å²) in [7, 11) is 0. The highest BCUT2D eigenvalue weighted by Crippen LogP contribution is 2.11. The Labute approximate surface area is 72.5 Å². The zero-order valence-corrected chi connectivity index (χ0v) is 7.21. The Morgan fingerprint density at radius 3 is 3.08 bits per heavy atom. The van der Waals surface area contributed by atoms with Gasteiger partial charge in [-0.1, -0.05) is 0 Å². The van der Waals surface area contributed by atoms with Crippen molar-refractivity contribution in [3.05, 3.63) is 0 Å². The van der Waals surface area contributed by atoms with Crippen LogP contribution in [0.3, 0.4) is 0 Å². The van der Waals surface area contributed by atoms with E-state index in [0.717, 1.165) is 25.9 Å². The molecule has 4 nitrogen and oxygen atoms in total. The molecule has 1 atom stereocenters. The number of nitrogens with one attached hydrogen (secondary N) is 1. The van der Waals surface area contributed by atoms with Gasteiger partial charge in [-0.2, -0.15) is 0 Å². The van der Waals surface area contributed by atoms with E-state index >= 15 is 0 Å². The van der Waals surface area contributed by atoms with Gasteiger partial charge in [0.05, 0.1) is 0 Å². The lowest BCUT2D eigenvalue weighted by molar-refractivity contribution is -0.130. The van der Waals surface area contributed by atoms with E-state index in [4.69, 9.17) is 10.5 Å². The number of rotatable bonds is 4.